The highest BCUT2D eigenvalue weighted by molar-refractivity contribution is 5.81. The Hall–Kier alpha value is -2.26. The summed E-state index contributed by atoms with van der Waals surface area (Å²) >= 11 is 0. The fourth-order valence-electron chi connectivity index (χ4n) is 2.40. The lowest BCUT2D eigenvalue weighted by Gasteiger charge is -2.13. The van der Waals surface area contributed by atoms with E-state index in [0.29, 0.717) is 6.42 Å². The van der Waals surface area contributed by atoms with Crippen molar-refractivity contribution >= 4 is 10.9 Å². The molecular weight excluding hydrogens is 251 g/mol. The summed E-state index contributed by atoms with van der Waals surface area (Å²) in [6.07, 6.45) is 2.50. The van der Waals surface area contributed by atoms with Crippen molar-refractivity contribution < 1.29 is 4.39 Å². The van der Waals surface area contributed by atoms with E-state index in [9.17, 15) is 4.39 Å². The van der Waals surface area contributed by atoms with E-state index in [1.807, 2.05) is 24.3 Å². The Kier molecular flexibility index (Phi) is 3.44. The number of benzene rings is 2. The summed E-state index contributed by atoms with van der Waals surface area (Å²) in [7, 11) is 0. The molecule has 0 spiro atoms. The first kappa shape index (κ1) is 12.8. The van der Waals surface area contributed by atoms with Crippen molar-refractivity contribution in [2.24, 2.45) is 5.73 Å². The van der Waals surface area contributed by atoms with Gasteiger partial charge in [0.15, 0.2) is 0 Å². The minimum atomic E-state index is -0.240. The third kappa shape index (κ3) is 2.53. The minimum absolute atomic E-state index is 0.151. The number of hydrogen-bond donors (Lipinski definition) is 1. The van der Waals surface area contributed by atoms with Crippen LogP contribution in [0.2, 0.25) is 0 Å². The number of halogens is 1. The van der Waals surface area contributed by atoms with Crippen LogP contribution in [0.15, 0.2) is 60.8 Å². The normalized spacial score (nSPS) is 12.5. The van der Waals surface area contributed by atoms with Crippen LogP contribution in [0, 0.1) is 5.82 Å². The predicted molar refractivity (Wildman–Crippen MR) is 78.8 cm³/mol. The molecule has 2 N–H and O–H groups in total. The molecule has 0 aliphatic rings. The SMILES string of the molecule is NC(Cc1ccnc2ccccc12)c1ccc(F)cc1. The van der Waals surface area contributed by atoms with Gasteiger partial charge in [-0.15, -0.1) is 0 Å². The molecule has 0 fully saturated rings. The zero-order chi connectivity index (χ0) is 13.9. The van der Waals surface area contributed by atoms with Crippen LogP contribution in [0.1, 0.15) is 17.2 Å². The van der Waals surface area contributed by atoms with Crippen LogP contribution >= 0.6 is 0 Å². The number of para-hydroxylation sites is 1. The Balaban J connectivity index is 1.91. The number of hydrogen-bond acceptors (Lipinski definition) is 2. The van der Waals surface area contributed by atoms with E-state index in [2.05, 4.69) is 11.1 Å². The lowest BCUT2D eigenvalue weighted by Crippen LogP contribution is -2.13. The van der Waals surface area contributed by atoms with Crippen molar-refractivity contribution in [3.63, 3.8) is 0 Å². The highest BCUT2D eigenvalue weighted by Crippen LogP contribution is 2.22. The Bertz CT molecular complexity index is 717. The summed E-state index contributed by atoms with van der Waals surface area (Å²) in [5, 5.41) is 1.12. The van der Waals surface area contributed by atoms with Gasteiger partial charge in [0.2, 0.25) is 0 Å². The van der Waals surface area contributed by atoms with Gasteiger partial charge in [-0.25, -0.2) is 4.39 Å². The molecule has 1 unspecified atom stereocenters. The molecule has 20 heavy (non-hydrogen) atoms. The predicted octanol–water partition coefficient (Wildman–Crippen LogP) is 3.62. The molecule has 3 rings (SSSR count). The second kappa shape index (κ2) is 5.39. The molecule has 0 bridgehead atoms. The molecule has 0 saturated carbocycles. The van der Waals surface area contributed by atoms with Gasteiger partial charge in [0, 0.05) is 17.6 Å². The molecule has 1 atom stereocenters. The van der Waals surface area contributed by atoms with Crippen LogP contribution in [0.4, 0.5) is 4.39 Å². The molecule has 0 aliphatic carbocycles. The van der Waals surface area contributed by atoms with Gasteiger partial charge in [-0.1, -0.05) is 30.3 Å². The van der Waals surface area contributed by atoms with Crippen molar-refractivity contribution in [2.45, 2.75) is 12.5 Å². The number of fused-ring (bicyclic) bond motifs is 1. The maximum atomic E-state index is 12.9. The molecule has 0 radical (unpaired) electrons. The van der Waals surface area contributed by atoms with Crippen LogP contribution in [0.3, 0.4) is 0 Å². The summed E-state index contributed by atoms with van der Waals surface area (Å²) < 4.78 is 12.9. The van der Waals surface area contributed by atoms with E-state index in [4.69, 9.17) is 5.73 Å². The zero-order valence-corrected chi connectivity index (χ0v) is 11.0. The highest BCUT2D eigenvalue weighted by atomic mass is 19.1. The second-order valence-electron chi connectivity index (χ2n) is 4.85. The Morgan fingerprint density at radius 1 is 1.00 bits per heavy atom. The summed E-state index contributed by atoms with van der Waals surface area (Å²) in [5.41, 5.74) is 9.29. The molecule has 3 aromatic rings. The van der Waals surface area contributed by atoms with Gasteiger partial charge < -0.3 is 5.73 Å². The molecule has 0 aliphatic heterocycles. The standard InChI is InChI=1S/C17H15FN2/c18-14-7-5-12(6-8-14)16(19)11-13-9-10-20-17-4-2-1-3-15(13)17/h1-10,16H,11,19H2. The summed E-state index contributed by atoms with van der Waals surface area (Å²) in [5.74, 6) is -0.240. The van der Waals surface area contributed by atoms with Crippen molar-refractivity contribution in [3.05, 3.63) is 77.7 Å². The van der Waals surface area contributed by atoms with Gasteiger partial charge in [0.05, 0.1) is 5.52 Å². The van der Waals surface area contributed by atoms with Crippen LogP contribution < -0.4 is 5.73 Å². The summed E-state index contributed by atoms with van der Waals surface area (Å²) in [4.78, 5) is 4.34. The third-order valence-electron chi connectivity index (χ3n) is 3.48. The van der Waals surface area contributed by atoms with E-state index in [0.717, 1.165) is 22.0 Å². The van der Waals surface area contributed by atoms with E-state index < -0.39 is 0 Å². The van der Waals surface area contributed by atoms with Crippen molar-refractivity contribution in [1.82, 2.24) is 4.98 Å². The monoisotopic (exact) mass is 266 g/mol. The molecule has 0 amide bonds. The molecule has 100 valence electrons. The first-order chi connectivity index (χ1) is 9.74. The van der Waals surface area contributed by atoms with Crippen molar-refractivity contribution in [2.75, 3.05) is 0 Å². The third-order valence-corrected chi connectivity index (χ3v) is 3.48. The fourth-order valence-corrected chi connectivity index (χ4v) is 2.40. The molecule has 2 nitrogen and oxygen atoms in total. The van der Waals surface area contributed by atoms with Gasteiger partial charge in [-0.05, 0) is 41.8 Å². The quantitative estimate of drug-likeness (QED) is 0.786. The Labute approximate surface area is 117 Å². The van der Waals surface area contributed by atoms with Crippen LogP contribution in [-0.4, -0.2) is 4.98 Å². The average molecular weight is 266 g/mol. The largest absolute Gasteiger partial charge is 0.324 e. The summed E-state index contributed by atoms with van der Waals surface area (Å²) in [6.45, 7) is 0. The Morgan fingerprint density at radius 3 is 2.55 bits per heavy atom. The fraction of sp³-hybridized carbons (Fsp3) is 0.118. The van der Waals surface area contributed by atoms with Crippen LogP contribution in [-0.2, 0) is 6.42 Å². The minimum Gasteiger partial charge on any atom is -0.324 e. The second-order valence-corrected chi connectivity index (χ2v) is 4.85. The number of nitrogens with zero attached hydrogens (tertiary/aromatic N) is 1. The Morgan fingerprint density at radius 2 is 1.75 bits per heavy atom. The van der Waals surface area contributed by atoms with E-state index in [1.165, 1.54) is 12.1 Å². The van der Waals surface area contributed by atoms with E-state index in [1.54, 1.807) is 18.3 Å². The first-order valence-electron chi connectivity index (χ1n) is 6.58. The molecule has 1 aromatic heterocycles. The van der Waals surface area contributed by atoms with Gasteiger partial charge in [0.1, 0.15) is 5.82 Å². The van der Waals surface area contributed by atoms with E-state index >= 15 is 0 Å². The number of rotatable bonds is 3. The molecule has 3 heteroatoms. The number of pyridine rings is 1. The molecule has 2 aromatic carbocycles. The molecule has 1 heterocycles. The number of aromatic nitrogens is 1. The summed E-state index contributed by atoms with van der Waals surface area (Å²) in [6, 6.07) is 16.2. The topological polar surface area (TPSA) is 38.9 Å². The van der Waals surface area contributed by atoms with Crippen LogP contribution in [0.25, 0.3) is 10.9 Å². The van der Waals surface area contributed by atoms with Crippen molar-refractivity contribution in [3.8, 4) is 0 Å². The maximum absolute atomic E-state index is 12.9. The van der Waals surface area contributed by atoms with Gasteiger partial charge in [0.25, 0.3) is 0 Å². The average Bonchev–Trinajstić information content (AvgIpc) is 2.48. The van der Waals surface area contributed by atoms with Crippen molar-refractivity contribution in [1.29, 1.82) is 0 Å². The maximum Gasteiger partial charge on any atom is 0.123 e. The first-order valence-corrected chi connectivity index (χ1v) is 6.58. The molecule has 0 saturated heterocycles. The molecular formula is C17H15FN2. The number of nitrogens with two attached hydrogens (primary N) is 1. The van der Waals surface area contributed by atoms with E-state index in [-0.39, 0.29) is 11.9 Å². The highest BCUT2D eigenvalue weighted by Gasteiger charge is 2.09. The zero-order valence-electron chi connectivity index (χ0n) is 11.0. The van der Waals surface area contributed by atoms with Gasteiger partial charge in [-0.2, -0.15) is 0 Å². The van der Waals surface area contributed by atoms with Gasteiger partial charge >= 0.3 is 0 Å². The lowest BCUT2D eigenvalue weighted by atomic mass is 9.97. The van der Waals surface area contributed by atoms with Gasteiger partial charge in [-0.3, -0.25) is 4.98 Å². The smallest absolute Gasteiger partial charge is 0.123 e. The lowest BCUT2D eigenvalue weighted by molar-refractivity contribution is 0.624. The van der Waals surface area contributed by atoms with Crippen LogP contribution in [0.5, 0.6) is 0 Å².